The van der Waals surface area contributed by atoms with Gasteiger partial charge in [-0.05, 0) is 61.3 Å². The first-order valence-corrected chi connectivity index (χ1v) is 14.3. The quantitative estimate of drug-likeness (QED) is 0.173. The summed E-state index contributed by atoms with van der Waals surface area (Å²) in [6.45, 7) is 7.87. The number of nitrogens with one attached hydrogen (secondary N) is 1. The molecule has 1 aromatic heterocycles. The molecule has 4 rings (SSSR count). The van der Waals surface area contributed by atoms with Crippen molar-refractivity contribution in [3.63, 3.8) is 0 Å². The number of rotatable bonds is 14. The van der Waals surface area contributed by atoms with E-state index in [0.717, 1.165) is 26.1 Å². The third-order valence-corrected chi connectivity index (χ3v) is 7.48. The fraction of sp³-hybridized carbons (Fsp3) is 0.355. The molecule has 0 aliphatic carbocycles. The number of hydrogen-bond acceptors (Lipinski definition) is 7. The summed E-state index contributed by atoms with van der Waals surface area (Å²) < 4.78 is 17.5. The van der Waals surface area contributed by atoms with E-state index in [2.05, 4.69) is 36.2 Å². The van der Waals surface area contributed by atoms with Crippen molar-refractivity contribution in [2.75, 3.05) is 39.5 Å². The highest BCUT2D eigenvalue weighted by molar-refractivity contribution is 6.42. The van der Waals surface area contributed by atoms with Gasteiger partial charge in [-0.3, -0.25) is 4.99 Å². The molecule has 2 aromatic carbocycles. The molecule has 0 spiro atoms. The monoisotopic (exact) mass is 583 g/mol. The lowest BCUT2D eigenvalue weighted by Crippen LogP contribution is -2.36. The van der Waals surface area contributed by atoms with Gasteiger partial charge < -0.3 is 24.1 Å². The van der Waals surface area contributed by atoms with Gasteiger partial charge in [-0.2, -0.15) is 0 Å². The zero-order chi connectivity index (χ0) is 28.3. The van der Waals surface area contributed by atoms with Crippen molar-refractivity contribution in [3.05, 3.63) is 105 Å². The molecule has 1 aliphatic heterocycles. The van der Waals surface area contributed by atoms with Crippen molar-refractivity contribution < 1.29 is 18.7 Å². The Morgan fingerprint density at radius 3 is 2.52 bits per heavy atom. The first-order chi connectivity index (χ1) is 19.5. The van der Waals surface area contributed by atoms with E-state index in [1.165, 1.54) is 5.56 Å². The number of esters is 1. The number of halogens is 2. The molecule has 2 heterocycles. The summed E-state index contributed by atoms with van der Waals surface area (Å²) in [6.07, 6.45) is 3.09. The lowest BCUT2D eigenvalue weighted by atomic mass is 9.95. The summed E-state index contributed by atoms with van der Waals surface area (Å²) in [4.78, 5) is 20.8. The summed E-state index contributed by atoms with van der Waals surface area (Å²) >= 11 is 12.6. The average Bonchev–Trinajstić information content (AvgIpc) is 3.52. The van der Waals surface area contributed by atoms with Crippen LogP contribution in [0.4, 0.5) is 0 Å². The van der Waals surface area contributed by atoms with Crippen LogP contribution >= 0.6 is 23.2 Å². The lowest BCUT2D eigenvalue weighted by molar-refractivity contribution is -0.139. The minimum Gasteiger partial charge on any atom is -0.462 e. The number of likely N-dealkylation sites (N-methyl/N-ethyl adjacent to an activating group) is 1. The van der Waals surface area contributed by atoms with Gasteiger partial charge in [0, 0.05) is 6.54 Å². The highest BCUT2D eigenvalue weighted by Crippen LogP contribution is 2.35. The topological polar surface area (TPSA) is 76.3 Å². The summed E-state index contributed by atoms with van der Waals surface area (Å²) in [5.41, 5.74) is 2.85. The molecule has 212 valence electrons. The Kier molecular flexibility index (Phi) is 11.2. The summed E-state index contributed by atoms with van der Waals surface area (Å²) in [6, 6.07) is 18.3. The minimum absolute atomic E-state index is 0.174. The first kappa shape index (κ1) is 29.9. The molecule has 0 radical (unpaired) electrons. The van der Waals surface area contributed by atoms with Crippen LogP contribution in [0.3, 0.4) is 0 Å². The number of hydrogen-bond donors (Lipinski definition) is 1. The van der Waals surface area contributed by atoms with Gasteiger partial charge in [-0.25, -0.2) is 4.79 Å². The number of benzene rings is 2. The average molecular weight is 585 g/mol. The van der Waals surface area contributed by atoms with Gasteiger partial charge >= 0.3 is 5.97 Å². The highest BCUT2D eigenvalue weighted by Gasteiger charge is 2.33. The van der Waals surface area contributed by atoms with Crippen molar-refractivity contribution in [1.82, 2.24) is 10.2 Å². The van der Waals surface area contributed by atoms with Gasteiger partial charge in [0.2, 0.25) is 0 Å². The molecule has 1 atom stereocenters. The lowest BCUT2D eigenvalue weighted by Gasteiger charge is -2.27. The first-order valence-electron chi connectivity index (χ1n) is 13.6. The second-order valence-corrected chi connectivity index (χ2v) is 10.2. The van der Waals surface area contributed by atoms with Crippen LogP contribution in [0.1, 0.15) is 43.2 Å². The number of carbonyl (C=O) groups is 1. The fourth-order valence-corrected chi connectivity index (χ4v) is 4.79. The normalized spacial score (nSPS) is 15.2. The van der Waals surface area contributed by atoms with Gasteiger partial charge in [0.05, 0.1) is 47.4 Å². The number of ether oxygens (including phenoxy) is 2. The molecular formula is C31H35Cl2N3O4. The Morgan fingerprint density at radius 2 is 1.82 bits per heavy atom. The molecule has 1 aliphatic rings. The Labute approximate surface area is 245 Å². The third kappa shape index (κ3) is 7.98. The molecule has 0 saturated heterocycles. The fourth-order valence-electron chi connectivity index (χ4n) is 4.48. The van der Waals surface area contributed by atoms with Gasteiger partial charge in [-0.1, -0.05) is 73.4 Å². The molecule has 0 saturated carbocycles. The van der Waals surface area contributed by atoms with E-state index in [1.807, 2.05) is 30.3 Å². The van der Waals surface area contributed by atoms with Gasteiger partial charge in [0.1, 0.15) is 6.04 Å². The van der Waals surface area contributed by atoms with Crippen LogP contribution < -0.4 is 5.32 Å². The van der Waals surface area contributed by atoms with Gasteiger partial charge in [-0.15, -0.1) is 0 Å². The Bertz CT molecular complexity index is 1310. The largest absolute Gasteiger partial charge is 0.462 e. The number of aryl methyl sites for hydroxylation is 1. The predicted octanol–water partition coefficient (Wildman–Crippen LogP) is 6.47. The van der Waals surface area contributed by atoms with Crippen molar-refractivity contribution >= 4 is 35.0 Å². The second kappa shape index (κ2) is 15.1. The van der Waals surface area contributed by atoms with Crippen molar-refractivity contribution in [2.45, 2.75) is 32.7 Å². The van der Waals surface area contributed by atoms with Gasteiger partial charge in [0.15, 0.2) is 11.6 Å². The summed E-state index contributed by atoms with van der Waals surface area (Å²) in [5.74, 6) is 0.575. The minimum atomic E-state index is -0.695. The van der Waals surface area contributed by atoms with Crippen molar-refractivity contribution in [1.29, 1.82) is 0 Å². The number of nitrogens with zero attached hydrogens (tertiary/aromatic N) is 2. The zero-order valence-electron chi connectivity index (χ0n) is 22.9. The Balaban J connectivity index is 1.60. The zero-order valence-corrected chi connectivity index (χ0v) is 24.4. The van der Waals surface area contributed by atoms with Crippen LogP contribution in [0.15, 0.2) is 87.6 Å². The van der Waals surface area contributed by atoms with E-state index in [9.17, 15) is 4.79 Å². The van der Waals surface area contributed by atoms with Crippen LogP contribution in [0, 0.1) is 0 Å². The third-order valence-electron chi connectivity index (χ3n) is 6.74. The maximum atomic E-state index is 13.6. The summed E-state index contributed by atoms with van der Waals surface area (Å²) in [7, 11) is 0. The molecular weight excluding hydrogens is 549 g/mol. The maximum absolute atomic E-state index is 13.6. The van der Waals surface area contributed by atoms with E-state index in [1.54, 1.807) is 24.5 Å². The van der Waals surface area contributed by atoms with Crippen molar-refractivity contribution in [3.8, 4) is 0 Å². The standard InChI is InChI=1S/C31H35Cl2N3O4/c1-3-36(4-2)16-19-38-21-26-28(31(37)40-18-8-12-22-10-6-5-7-11-22)29(23-14-15-24(32)25(33)20-23)35-30(34-26)27-13-9-17-39-27/h5-7,9-11,13-15,17,20,29H,3-4,8,12,16,18-19,21H2,1-2H3,(H,34,35). The van der Waals surface area contributed by atoms with E-state index in [0.29, 0.717) is 51.5 Å². The van der Waals surface area contributed by atoms with Crippen LogP contribution in [-0.2, 0) is 20.7 Å². The Morgan fingerprint density at radius 1 is 1.02 bits per heavy atom. The molecule has 40 heavy (non-hydrogen) atoms. The second-order valence-electron chi connectivity index (χ2n) is 9.35. The summed E-state index contributed by atoms with van der Waals surface area (Å²) in [5, 5.41) is 4.08. The molecule has 9 heteroatoms. The number of aliphatic imine (C=N–C) groups is 1. The molecule has 1 N–H and O–H groups in total. The van der Waals surface area contributed by atoms with Crippen LogP contribution in [0.5, 0.6) is 0 Å². The van der Waals surface area contributed by atoms with Crippen LogP contribution in [0.2, 0.25) is 10.0 Å². The van der Waals surface area contributed by atoms with Gasteiger partial charge in [0.25, 0.3) is 0 Å². The predicted molar refractivity (Wildman–Crippen MR) is 159 cm³/mol. The molecule has 0 amide bonds. The number of amidine groups is 1. The van der Waals surface area contributed by atoms with E-state index >= 15 is 0 Å². The Hall–Kier alpha value is -3.10. The SMILES string of the molecule is CCN(CC)CCOCC1=C(C(=O)OCCCc2ccccc2)C(c2ccc(Cl)c(Cl)c2)N=C(c2ccco2)N1. The highest BCUT2D eigenvalue weighted by atomic mass is 35.5. The van der Waals surface area contributed by atoms with E-state index in [4.69, 9.17) is 42.1 Å². The molecule has 0 fully saturated rings. The molecule has 1 unspecified atom stereocenters. The maximum Gasteiger partial charge on any atom is 0.338 e. The van der Waals surface area contributed by atoms with E-state index in [-0.39, 0.29) is 13.2 Å². The molecule has 7 nitrogen and oxygen atoms in total. The molecule has 0 bridgehead atoms. The number of carbonyl (C=O) groups excluding carboxylic acids is 1. The van der Waals surface area contributed by atoms with Crippen LogP contribution in [0.25, 0.3) is 0 Å². The number of furan rings is 1. The van der Waals surface area contributed by atoms with Crippen LogP contribution in [-0.4, -0.2) is 56.2 Å². The smallest absolute Gasteiger partial charge is 0.338 e. The molecule has 3 aromatic rings. The van der Waals surface area contributed by atoms with E-state index < -0.39 is 12.0 Å². The van der Waals surface area contributed by atoms with Crippen molar-refractivity contribution in [2.24, 2.45) is 4.99 Å².